The summed E-state index contributed by atoms with van der Waals surface area (Å²) in [6.07, 6.45) is -4.35. The number of rotatable bonds is 6. The Balaban J connectivity index is 3.35. The van der Waals surface area contributed by atoms with Gasteiger partial charge in [-0.2, -0.15) is 13.2 Å². The monoisotopic (exact) mass is 233 g/mol. The number of carboxylic acids is 1. The first-order valence-corrected chi connectivity index (χ1v) is 4.69. The minimum absolute atomic E-state index is 0.0210. The van der Waals surface area contributed by atoms with Crippen molar-refractivity contribution in [3.8, 4) is 0 Å². The maximum atomic E-state index is 11.5. The molecule has 0 rings (SSSR count). The summed E-state index contributed by atoms with van der Waals surface area (Å²) in [7, 11) is 0. The van der Waals surface area contributed by atoms with Crippen LogP contribution < -0.4 is 5.73 Å². The van der Waals surface area contributed by atoms with Crippen LogP contribution in [-0.4, -0.2) is 41.6 Å². The second-order valence-electron chi connectivity index (χ2n) is 2.40. The highest BCUT2D eigenvalue weighted by molar-refractivity contribution is 7.99. The lowest BCUT2D eigenvalue weighted by atomic mass is 10.4. The molecule has 0 heterocycles. The van der Waals surface area contributed by atoms with Crippen molar-refractivity contribution in [1.82, 2.24) is 0 Å². The van der Waals surface area contributed by atoms with E-state index in [4.69, 9.17) is 10.8 Å². The van der Waals surface area contributed by atoms with E-state index >= 15 is 0 Å². The lowest BCUT2D eigenvalue weighted by molar-refractivity contribution is -0.168. The Bertz CT molecular complexity index is 188. The van der Waals surface area contributed by atoms with E-state index in [1.165, 1.54) is 0 Å². The van der Waals surface area contributed by atoms with Gasteiger partial charge in [0.15, 0.2) is 0 Å². The number of carbonyl (C=O) groups is 1. The van der Waals surface area contributed by atoms with Crippen LogP contribution >= 0.6 is 11.8 Å². The second-order valence-corrected chi connectivity index (χ2v) is 3.37. The highest BCUT2D eigenvalue weighted by Crippen LogP contribution is 2.15. The van der Waals surface area contributed by atoms with E-state index in [0.29, 0.717) is 0 Å². The lowest BCUT2D eigenvalue weighted by Gasteiger charge is -2.08. The standard InChI is InChI=1S/C6H10F3NO3S/c7-6(8,9)2-13-3-14-1-4(10)5(11)12/h4H,1-3,10H2,(H,11,12)/t4-/m1/s1. The van der Waals surface area contributed by atoms with Crippen LogP contribution in [0.25, 0.3) is 0 Å². The summed E-state index contributed by atoms with van der Waals surface area (Å²) in [6, 6.07) is -1.07. The molecule has 0 spiro atoms. The Morgan fingerprint density at radius 2 is 2.14 bits per heavy atom. The molecule has 0 aliphatic rings. The molecule has 4 nitrogen and oxygen atoms in total. The van der Waals surface area contributed by atoms with E-state index in [1.54, 1.807) is 0 Å². The van der Waals surface area contributed by atoms with Gasteiger partial charge in [0.1, 0.15) is 12.6 Å². The van der Waals surface area contributed by atoms with Gasteiger partial charge < -0.3 is 15.6 Å². The van der Waals surface area contributed by atoms with E-state index in [0.717, 1.165) is 11.8 Å². The van der Waals surface area contributed by atoms with Crippen LogP contribution in [-0.2, 0) is 9.53 Å². The Kier molecular flexibility index (Phi) is 5.89. The number of ether oxygens (including phenoxy) is 1. The third-order valence-electron chi connectivity index (χ3n) is 1.05. The molecular formula is C6H10F3NO3S. The molecule has 0 saturated heterocycles. The van der Waals surface area contributed by atoms with Crippen LogP contribution in [0, 0.1) is 0 Å². The molecule has 0 amide bonds. The van der Waals surface area contributed by atoms with Gasteiger partial charge in [-0.05, 0) is 0 Å². The van der Waals surface area contributed by atoms with E-state index in [2.05, 4.69) is 4.74 Å². The molecular weight excluding hydrogens is 223 g/mol. The fourth-order valence-corrected chi connectivity index (χ4v) is 1.16. The highest BCUT2D eigenvalue weighted by atomic mass is 32.2. The molecule has 14 heavy (non-hydrogen) atoms. The van der Waals surface area contributed by atoms with Crippen LogP contribution in [0.5, 0.6) is 0 Å². The molecule has 0 aromatic carbocycles. The molecule has 0 unspecified atom stereocenters. The van der Waals surface area contributed by atoms with Crippen LogP contribution in [0.3, 0.4) is 0 Å². The van der Waals surface area contributed by atoms with Crippen LogP contribution in [0.1, 0.15) is 0 Å². The molecule has 0 aromatic rings. The van der Waals surface area contributed by atoms with E-state index < -0.39 is 24.8 Å². The Morgan fingerprint density at radius 3 is 2.57 bits per heavy atom. The number of aliphatic carboxylic acids is 1. The minimum Gasteiger partial charge on any atom is -0.480 e. The zero-order valence-corrected chi connectivity index (χ0v) is 7.90. The molecule has 8 heteroatoms. The fourth-order valence-electron chi connectivity index (χ4n) is 0.463. The first kappa shape index (κ1) is 13.5. The quantitative estimate of drug-likeness (QED) is 0.521. The van der Waals surface area contributed by atoms with Crippen LogP contribution in [0.15, 0.2) is 0 Å². The summed E-state index contributed by atoms with van der Waals surface area (Å²) in [5.74, 6) is -1.39. The molecule has 3 N–H and O–H groups in total. The zero-order chi connectivity index (χ0) is 11.2. The number of carboxylic acid groups (broad SMARTS) is 1. The fraction of sp³-hybridized carbons (Fsp3) is 0.833. The first-order chi connectivity index (χ1) is 6.33. The van der Waals surface area contributed by atoms with Gasteiger partial charge in [0.25, 0.3) is 0 Å². The SMILES string of the molecule is N[C@H](CSCOCC(F)(F)F)C(=O)O. The summed E-state index contributed by atoms with van der Waals surface area (Å²) in [5, 5.41) is 8.31. The topological polar surface area (TPSA) is 72.5 Å². The Morgan fingerprint density at radius 1 is 1.57 bits per heavy atom. The second kappa shape index (κ2) is 6.10. The highest BCUT2D eigenvalue weighted by Gasteiger charge is 2.27. The smallest absolute Gasteiger partial charge is 0.411 e. The molecule has 84 valence electrons. The summed E-state index contributed by atoms with van der Waals surface area (Å²) >= 11 is 0.902. The number of halogens is 3. The maximum Gasteiger partial charge on any atom is 0.411 e. The minimum atomic E-state index is -4.35. The predicted molar refractivity (Wildman–Crippen MR) is 44.9 cm³/mol. The van der Waals surface area contributed by atoms with Gasteiger partial charge >= 0.3 is 12.1 Å². The van der Waals surface area contributed by atoms with Gasteiger partial charge in [-0.1, -0.05) is 0 Å². The van der Waals surface area contributed by atoms with Crippen molar-refractivity contribution in [1.29, 1.82) is 0 Å². The average Bonchev–Trinajstić information content (AvgIpc) is 2.01. The summed E-state index contributed by atoms with van der Waals surface area (Å²) in [6.45, 7) is -1.33. The Labute approximate surface area is 82.6 Å². The van der Waals surface area contributed by atoms with Gasteiger partial charge in [0, 0.05) is 5.75 Å². The number of alkyl halides is 3. The third-order valence-corrected chi connectivity index (χ3v) is 1.98. The van der Waals surface area contributed by atoms with Crippen LogP contribution in [0.4, 0.5) is 13.2 Å². The van der Waals surface area contributed by atoms with E-state index in [1.807, 2.05) is 0 Å². The zero-order valence-electron chi connectivity index (χ0n) is 7.08. The molecule has 1 atom stereocenters. The number of hydrogen-bond donors (Lipinski definition) is 2. The van der Waals surface area contributed by atoms with Crippen molar-refractivity contribution < 1.29 is 27.8 Å². The molecule has 0 aromatic heterocycles. The third kappa shape index (κ3) is 8.14. The number of hydrogen-bond acceptors (Lipinski definition) is 4. The summed E-state index contributed by atoms with van der Waals surface area (Å²) in [4.78, 5) is 10.2. The van der Waals surface area contributed by atoms with Crippen molar-refractivity contribution in [2.75, 3.05) is 18.3 Å². The molecule has 0 bridgehead atoms. The summed E-state index contributed by atoms with van der Waals surface area (Å²) in [5.41, 5.74) is 5.09. The molecule has 0 fully saturated rings. The van der Waals surface area contributed by atoms with Crippen molar-refractivity contribution in [3.05, 3.63) is 0 Å². The van der Waals surface area contributed by atoms with E-state index in [9.17, 15) is 18.0 Å². The van der Waals surface area contributed by atoms with Crippen molar-refractivity contribution >= 4 is 17.7 Å². The van der Waals surface area contributed by atoms with Crippen molar-refractivity contribution in [2.45, 2.75) is 12.2 Å². The molecule has 0 aliphatic heterocycles. The first-order valence-electron chi connectivity index (χ1n) is 3.53. The van der Waals surface area contributed by atoms with Gasteiger partial charge in [0.2, 0.25) is 0 Å². The summed E-state index contributed by atoms with van der Waals surface area (Å²) < 4.78 is 38.8. The van der Waals surface area contributed by atoms with Gasteiger partial charge in [-0.25, -0.2) is 0 Å². The Hall–Kier alpha value is -0.470. The van der Waals surface area contributed by atoms with Crippen molar-refractivity contribution in [2.24, 2.45) is 5.73 Å². The largest absolute Gasteiger partial charge is 0.480 e. The normalized spacial score (nSPS) is 14.0. The van der Waals surface area contributed by atoms with Gasteiger partial charge in [-0.15, -0.1) is 11.8 Å². The maximum absolute atomic E-state index is 11.5. The van der Waals surface area contributed by atoms with Gasteiger partial charge in [-0.3, -0.25) is 4.79 Å². The molecule has 0 saturated carbocycles. The molecule has 0 aliphatic carbocycles. The number of thioether (sulfide) groups is 1. The average molecular weight is 233 g/mol. The van der Waals surface area contributed by atoms with E-state index in [-0.39, 0.29) is 11.7 Å². The predicted octanol–water partition coefficient (Wildman–Crippen LogP) is 0.668. The van der Waals surface area contributed by atoms with Crippen LogP contribution in [0.2, 0.25) is 0 Å². The van der Waals surface area contributed by atoms with Crippen molar-refractivity contribution in [3.63, 3.8) is 0 Å². The molecule has 0 radical (unpaired) electrons. The van der Waals surface area contributed by atoms with Gasteiger partial charge in [0.05, 0.1) is 5.94 Å². The number of nitrogens with two attached hydrogens (primary N) is 1. The lowest BCUT2D eigenvalue weighted by Crippen LogP contribution is -2.32.